The summed E-state index contributed by atoms with van der Waals surface area (Å²) in [6, 6.07) is 13.2. The summed E-state index contributed by atoms with van der Waals surface area (Å²) in [6.45, 7) is 0. The van der Waals surface area contributed by atoms with Crippen LogP contribution in [-0.4, -0.2) is 19.0 Å². The Morgan fingerprint density at radius 1 is 1.14 bits per heavy atom. The standard InChI is InChI=1S/C17H12FNO3/c1-21-15-9-5-2-6-11(15)10-14-17(20)22-16(19-14)12-7-3-4-8-13(12)18/h2-10H,1H3/b14-10-. The Morgan fingerprint density at radius 2 is 1.86 bits per heavy atom. The Bertz CT molecular complexity index is 796. The Labute approximate surface area is 126 Å². The molecule has 0 bridgehead atoms. The molecule has 0 aliphatic carbocycles. The molecule has 0 saturated carbocycles. The first kappa shape index (κ1) is 14.0. The number of para-hydroxylation sites is 1. The summed E-state index contributed by atoms with van der Waals surface area (Å²) in [5.41, 5.74) is 0.942. The Hall–Kier alpha value is -2.95. The molecule has 2 aromatic rings. The van der Waals surface area contributed by atoms with Gasteiger partial charge in [-0.05, 0) is 24.3 Å². The average Bonchev–Trinajstić information content (AvgIpc) is 2.89. The van der Waals surface area contributed by atoms with E-state index in [0.717, 1.165) is 0 Å². The van der Waals surface area contributed by atoms with Crippen LogP contribution in [0.2, 0.25) is 0 Å². The third-order valence-electron chi connectivity index (χ3n) is 3.16. The molecule has 110 valence electrons. The molecule has 0 aromatic heterocycles. The number of methoxy groups -OCH3 is 1. The van der Waals surface area contributed by atoms with Crippen LogP contribution in [0.15, 0.2) is 59.2 Å². The lowest BCUT2D eigenvalue weighted by atomic mass is 10.1. The molecule has 0 fully saturated rings. The van der Waals surface area contributed by atoms with Gasteiger partial charge in [-0.1, -0.05) is 30.3 Å². The van der Waals surface area contributed by atoms with Crippen molar-refractivity contribution < 1.29 is 18.7 Å². The van der Waals surface area contributed by atoms with Crippen molar-refractivity contribution in [3.8, 4) is 5.75 Å². The number of carbonyl (C=O) groups is 1. The summed E-state index contributed by atoms with van der Waals surface area (Å²) in [6.07, 6.45) is 1.55. The second-order valence-corrected chi connectivity index (χ2v) is 4.56. The number of aliphatic imine (C=N–C) groups is 1. The zero-order valence-electron chi connectivity index (χ0n) is 11.7. The van der Waals surface area contributed by atoms with Gasteiger partial charge in [0.2, 0.25) is 5.90 Å². The van der Waals surface area contributed by atoms with Crippen molar-refractivity contribution in [2.24, 2.45) is 4.99 Å². The number of esters is 1. The molecule has 3 rings (SSSR count). The van der Waals surface area contributed by atoms with Crippen LogP contribution in [0.25, 0.3) is 6.08 Å². The quantitative estimate of drug-likeness (QED) is 0.646. The zero-order chi connectivity index (χ0) is 15.5. The smallest absolute Gasteiger partial charge is 0.363 e. The highest BCUT2D eigenvalue weighted by atomic mass is 19.1. The molecule has 1 aliphatic rings. The molecule has 0 atom stereocenters. The number of rotatable bonds is 3. The van der Waals surface area contributed by atoms with Crippen LogP contribution < -0.4 is 4.74 Å². The summed E-state index contributed by atoms with van der Waals surface area (Å²) in [5.74, 6) is -0.543. The van der Waals surface area contributed by atoms with Gasteiger partial charge in [-0.3, -0.25) is 0 Å². The predicted molar refractivity (Wildman–Crippen MR) is 80.0 cm³/mol. The van der Waals surface area contributed by atoms with Gasteiger partial charge in [0.15, 0.2) is 5.70 Å². The minimum absolute atomic E-state index is 0.0377. The number of ether oxygens (including phenoxy) is 2. The van der Waals surface area contributed by atoms with Gasteiger partial charge in [-0.2, -0.15) is 0 Å². The normalized spacial score (nSPS) is 15.6. The molecular weight excluding hydrogens is 285 g/mol. The Kier molecular flexibility index (Phi) is 3.70. The number of hydrogen-bond donors (Lipinski definition) is 0. The topological polar surface area (TPSA) is 47.9 Å². The van der Waals surface area contributed by atoms with Crippen molar-refractivity contribution in [3.63, 3.8) is 0 Å². The van der Waals surface area contributed by atoms with Gasteiger partial charge >= 0.3 is 5.97 Å². The second-order valence-electron chi connectivity index (χ2n) is 4.56. The number of carbonyl (C=O) groups excluding carboxylic acids is 1. The summed E-state index contributed by atoms with van der Waals surface area (Å²) in [7, 11) is 1.54. The van der Waals surface area contributed by atoms with E-state index in [1.165, 1.54) is 12.1 Å². The van der Waals surface area contributed by atoms with Crippen molar-refractivity contribution in [1.29, 1.82) is 0 Å². The molecule has 5 heteroatoms. The molecule has 1 heterocycles. The van der Waals surface area contributed by atoms with Crippen LogP contribution in [-0.2, 0) is 9.53 Å². The third-order valence-corrected chi connectivity index (χ3v) is 3.16. The summed E-state index contributed by atoms with van der Waals surface area (Å²) in [4.78, 5) is 16.0. The molecule has 22 heavy (non-hydrogen) atoms. The van der Waals surface area contributed by atoms with Crippen LogP contribution in [0.5, 0.6) is 5.75 Å². The van der Waals surface area contributed by atoms with Gasteiger partial charge in [0.1, 0.15) is 11.6 Å². The van der Waals surface area contributed by atoms with Gasteiger partial charge in [0.05, 0.1) is 12.7 Å². The molecule has 4 nitrogen and oxygen atoms in total. The minimum atomic E-state index is -0.621. The monoisotopic (exact) mass is 297 g/mol. The first-order chi connectivity index (χ1) is 10.7. The van der Waals surface area contributed by atoms with Gasteiger partial charge in [0, 0.05) is 5.56 Å². The van der Waals surface area contributed by atoms with E-state index < -0.39 is 11.8 Å². The minimum Gasteiger partial charge on any atom is -0.496 e. The lowest BCUT2D eigenvalue weighted by Crippen LogP contribution is -2.07. The lowest BCUT2D eigenvalue weighted by molar-refractivity contribution is -0.129. The summed E-state index contributed by atoms with van der Waals surface area (Å²) >= 11 is 0. The highest BCUT2D eigenvalue weighted by Gasteiger charge is 2.26. The molecule has 0 amide bonds. The number of benzene rings is 2. The van der Waals surface area contributed by atoms with E-state index in [0.29, 0.717) is 11.3 Å². The van der Waals surface area contributed by atoms with E-state index in [1.807, 2.05) is 12.1 Å². The van der Waals surface area contributed by atoms with E-state index >= 15 is 0 Å². The number of nitrogens with zero attached hydrogens (tertiary/aromatic N) is 1. The average molecular weight is 297 g/mol. The molecule has 0 radical (unpaired) electrons. The van der Waals surface area contributed by atoms with Crippen LogP contribution in [0.1, 0.15) is 11.1 Å². The second kappa shape index (κ2) is 5.81. The molecule has 1 aliphatic heterocycles. The SMILES string of the molecule is COc1ccccc1/C=C1\N=C(c2ccccc2F)OC1=O. The predicted octanol–water partition coefficient (Wildman–Crippen LogP) is 3.18. The third kappa shape index (κ3) is 2.61. The van der Waals surface area contributed by atoms with Crippen molar-refractivity contribution >= 4 is 17.9 Å². The molecule has 0 N–H and O–H groups in total. The van der Waals surface area contributed by atoms with Gasteiger partial charge < -0.3 is 9.47 Å². The van der Waals surface area contributed by atoms with Crippen LogP contribution in [0, 0.1) is 5.82 Å². The fourth-order valence-corrected chi connectivity index (χ4v) is 2.09. The van der Waals surface area contributed by atoms with E-state index in [2.05, 4.69) is 4.99 Å². The fraction of sp³-hybridized carbons (Fsp3) is 0.0588. The fourth-order valence-electron chi connectivity index (χ4n) is 2.09. The van der Waals surface area contributed by atoms with Crippen LogP contribution >= 0.6 is 0 Å². The van der Waals surface area contributed by atoms with E-state index in [4.69, 9.17) is 9.47 Å². The lowest BCUT2D eigenvalue weighted by Gasteiger charge is -2.03. The van der Waals surface area contributed by atoms with Crippen molar-refractivity contribution in [1.82, 2.24) is 0 Å². The summed E-state index contributed by atoms with van der Waals surface area (Å²) < 4.78 is 24.0. The van der Waals surface area contributed by atoms with Crippen molar-refractivity contribution in [2.45, 2.75) is 0 Å². The zero-order valence-corrected chi connectivity index (χ0v) is 11.7. The van der Waals surface area contributed by atoms with Crippen molar-refractivity contribution in [3.05, 3.63) is 71.2 Å². The van der Waals surface area contributed by atoms with Gasteiger partial charge in [0.25, 0.3) is 0 Å². The molecule has 2 aromatic carbocycles. The number of cyclic esters (lactones) is 1. The van der Waals surface area contributed by atoms with Gasteiger partial charge in [-0.15, -0.1) is 0 Å². The summed E-state index contributed by atoms with van der Waals surface area (Å²) in [5, 5.41) is 0. The highest BCUT2D eigenvalue weighted by Crippen LogP contribution is 2.24. The van der Waals surface area contributed by atoms with E-state index in [-0.39, 0.29) is 17.2 Å². The molecule has 0 unspecified atom stereocenters. The van der Waals surface area contributed by atoms with E-state index in [1.54, 1.807) is 37.5 Å². The molecule has 0 saturated heterocycles. The molecular formula is C17H12FNO3. The Morgan fingerprint density at radius 3 is 2.64 bits per heavy atom. The maximum atomic E-state index is 13.7. The maximum Gasteiger partial charge on any atom is 0.363 e. The highest BCUT2D eigenvalue weighted by molar-refractivity contribution is 6.13. The maximum absolute atomic E-state index is 13.7. The first-order valence-corrected chi connectivity index (χ1v) is 6.59. The van der Waals surface area contributed by atoms with E-state index in [9.17, 15) is 9.18 Å². The molecule has 0 spiro atoms. The number of halogens is 1. The van der Waals surface area contributed by atoms with Crippen LogP contribution in [0.4, 0.5) is 4.39 Å². The number of hydrogen-bond acceptors (Lipinski definition) is 4. The first-order valence-electron chi connectivity index (χ1n) is 6.59. The Balaban J connectivity index is 2.00. The van der Waals surface area contributed by atoms with Crippen LogP contribution in [0.3, 0.4) is 0 Å². The van der Waals surface area contributed by atoms with Crippen molar-refractivity contribution in [2.75, 3.05) is 7.11 Å². The largest absolute Gasteiger partial charge is 0.496 e. The van der Waals surface area contributed by atoms with Gasteiger partial charge in [-0.25, -0.2) is 14.2 Å².